The molecule has 1 unspecified atom stereocenters. The molecule has 0 bridgehead atoms. The number of nitrogens with zero attached hydrogens (tertiary/aromatic N) is 4. The van der Waals surface area contributed by atoms with Crippen molar-refractivity contribution in [3.05, 3.63) is 30.6 Å². The Morgan fingerprint density at radius 3 is 2.92 bits per heavy atom. The molecule has 11 heteroatoms. The van der Waals surface area contributed by atoms with Crippen LogP contribution in [-0.4, -0.2) is 61.0 Å². The fraction of sp³-hybridized carbons (Fsp3) is 0.500. The maximum Gasteiger partial charge on any atom is 0.240 e. The summed E-state index contributed by atoms with van der Waals surface area (Å²) in [6.45, 7) is 1.60. The number of aromatic nitrogens is 4. The van der Waals surface area contributed by atoms with Crippen LogP contribution < -0.4 is 10.0 Å². The molecular weight excluding hydrogens is 368 g/mol. The molecule has 0 aliphatic carbocycles. The topological polar surface area (TPSA) is 111 Å². The monoisotopic (exact) mass is 388 g/mol. The highest BCUT2D eigenvalue weighted by molar-refractivity contribution is 7.89. The van der Waals surface area contributed by atoms with Crippen molar-refractivity contribution in [2.24, 2.45) is 0 Å². The summed E-state index contributed by atoms with van der Waals surface area (Å²) in [5.74, 6) is 0. The molecule has 1 fully saturated rings. The van der Waals surface area contributed by atoms with Crippen LogP contribution in [-0.2, 0) is 14.8 Å². The van der Waals surface area contributed by atoms with Gasteiger partial charge < -0.3 is 10.1 Å². The summed E-state index contributed by atoms with van der Waals surface area (Å²) in [6, 6.07) is 6.47. The largest absolute Gasteiger partial charge is 0.383 e. The second kappa shape index (κ2) is 8.19. The van der Waals surface area contributed by atoms with E-state index in [1.807, 2.05) is 0 Å². The van der Waals surface area contributed by atoms with E-state index >= 15 is 0 Å². The number of methoxy groups -OCH3 is 1. The lowest BCUT2D eigenvalue weighted by molar-refractivity contribution is 0.122. The molecule has 2 heterocycles. The first-order valence-electron chi connectivity index (χ1n) is 7.62. The minimum Gasteiger partial charge on any atom is -0.383 e. The van der Waals surface area contributed by atoms with Crippen molar-refractivity contribution in [3.63, 3.8) is 0 Å². The zero-order valence-electron chi connectivity index (χ0n) is 13.8. The zero-order valence-corrected chi connectivity index (χ0v) is 15.4. The number of tetrazole rings is 1. The lowest BCUT2D eigenvalue weighted by Gasteiger charge is -2.28. The summed E-state index contributed by atoms with van der Waals surface area (Å²) in [5.41, 5.74) is 0.225. The van der Waals surface area contributed by atoms with E-state index in [4.69, 9.17) is 4.74 Å². The minimum atomic E-state index is -3.65. The van der Waals surface area contributed by atoms with Crippen LogP contribution in [0.4, 0.5) is 0 Å². The summed E-state index contributed by atoms with van der Waals surface area (Å²) < 4.78 is 34.6. The number of benzene rings is 1. The van der Waals surface area contributed by atoms with Crippen molar-refractivity contribution in [2.45, 2.75) is 23.3 Å². The summed E-state index contributed by atoms with van der Waals surface area (Å²) in [4.78, 5) is 0.168. The Balaban J connectivity index is 0.00000225. The van der Waals surface area contributed by atoms with Crippen LogP contribution in [0.25, 0.3) is 5.69 Å². The van der Waals surface area contributed by atoms with Gasteiger partial charge in [0.15, 0.2) is 0 Å². The fourth-order valence-electron chi connectivity index (χ4n) is 2.86. The molecule has 1 aromatic carbocycles. The molecule has 0 spiro atoms. The summed E-state index contributed by atoms with van der Waals surface area (Å²) in [7, 11) is -2.03. The average Bonchev–Trinajstić information content (AvgIpc) is 3.26. The third-order valence-corrected chi connectivity index (χ3v) is 5.49. The Bertz CT molecular complexity index is 778. The van der Waals surface area contributed by atoms with Crippen LogP contribution in [0.2, 0.25) is 0 Å². The third-order valence-electron chi connectivity index (χ3n) is 4.09. The first kappa shape index (κ1) is 19.7. The number of nitrogens with one attached hydrogen (secondary N) is 2. The van der Waals surface area contributed by atoms with Crippen molar-refractivity contribution < 1.29 is 13.2 Å². The second-order valence-corrected chi connectivity index (χ2v) is 7.59. The molecule has 1 saturated heterocycles. The van der Waals surface area contributed by atoms with Crippen LogP contribution in [0.1, 0.15) is 12.8 Å². The lowest BCUT2D eigenvalue weighted by Crippen LogP contribution is -2.52. The summed E-state index contributed by atoms with van der Waals surface area (Å²) in [6.07, 6.45) is 3.28. The summed E-state index contributed by atoms with van der Waals surface area (Å²) in [5, 5.41) is 14.2. The zero-order chi connectivity index (χ0) is 17.0. The number of rotatable bonds is 7. The van der Waals surface area contributed by atoms with Gasteiger partial charge in [-0.2, -0.15) is 0 Å². The van der Waals surface area contributed by atoms with E-state index in [0.717, 1.165) is 19.4 Å². The van der Waals surface area contributed by atoms with E-state index in [2.05, 4.69) is 25.6 Å². The molecule has 25 heavy (non-hydrogen) atoms. The molecule has 9 nitrogen and oxygen atoms in total. The Labute approximate surface area is 152 Å². The van der Waals surface area contributed by atoms with Gasteiger partial charge in [-0.1, -0.05) is 6.07 Å². The van der Waals surface area contributed by atoms with Crippen LogP contribution in [0.5, 0.6) is 0 Å². The highest BCUT2D eigenvalue weighted by atomic mass is 35.5. The van der Waals surface area contributed by atoms with Gasteiger partial charge in [0.25, 0.3) is 0 Å². The molecular formula is C14H21ClN6O3S. The van der Waals surface area contributed by atoms with Gasteiger partial charge in [0.2, 0.25) is 10.0 Å². The maximum absolute atomic E-state index is 12.6. The Morgan fingerprint density at radius 1 is 1.44 bits per heavy atom. The van der Waals surface area contributed by atoms with Gasteiger partial charge in [0.05, 0.1) is 22.7 Å². The first-order chi connectivity index (χ1) is 11.5. The van der Waals surface area contributed by atoms with Crippen LogP contribution in [0, 0.1) is 0 Å². The maximum atomic E-state index is 12.6. The molecule has 1 aliphatic rings. The van der Waals surface area contributed by atoms with E-state index in [0.29, 0.717) is 12.3 Å². The van der Waals surface area contributed by atoms with Crippen molar-refractivity contribution in [3.8, 4) is 5.69 Å². The van der Waals surface area contributed by atoms with Gasteiger partial charge in [0, 0.05) is 13.7 Å². The highest BCUT2D eigenvalue weighted by Gasteiger charge is 2.34. The number of ether oxygens (including phenoxy) is 1. The predicted molar refractivity (Wildman–Crippen MR) is 93.4 cm³/mol. The Hall–Kier alpha value is -1.59. The molecule has 2 aromatic rings. The van der Waals surface area contributed by atoms with E-state index in [1.54, 1.807) is 25.3 Å². The van der Waals surface area contributed by atoms with E-state index in [1.165, 1.54) is 17.1 Å². The molecule has 3 rings (SSSR count). The SMILES string of the molecule is COCC1(CNS(=O)(=O)c2cccc(-n3cnnn3)c2)CCCN1.Cl. The van der Waals surface area contributed by atoms with Gasteiger partial charge in [-0.3, -0.25) is 0 Å². The van der Waals surface area contributed by atoms with E-state index in [9.17, 15) is 8.42 Å². The van der Waals surface area contributed by atoms with Crippen molar-refractivity contribution in [1.82, 2.24) is 30.2 Å². The van der Waals surface area contributed by atoms with E-state index < -0.39 is 10.0 Å². The standard InChI is InChI=1S/C14H20N6O3S.ClH/c1-23-10-14(6-3-7-15-14)9-17-24(21,22)13-5-2-4-12(8-13)20-11-16-18-19-20;/h2,4-5,8,11,15,17H,3,6-7,9-10H2,1H3;1H. The molecule has 1 aliphatic heterocycles. The number of halogens is 1. The van der Waals surface area contributed by atoms with Gasteiger partial charge in [-0.25, -0.2) is 17.8 Å². The molecule has 0 saturated carbocycles. The number of hydrogen-bond donors (Lipinski definition) is 2. The first-order valence-corrected chi connectivity index (χ1v) is 9.10. The van der Waals surface area contributed by atoms with Crippen LogP contribution in [0.15, 0.2) is 35.5 Å². The van der Waals surface area contributed by atoms with E-state index in [-0.39, 0.29) is 29.4 Å². The number of hydrogen-bond acceptors (Lipinski definition) is 7. The minimum absolute atomic E-state index is 0. The molecule has 1 atom stereocenters. The molecule has 138 valence electrons. The lowest BCUT2D eigenvalue weighted by atomic mass is 9.99. The van der Waals surface area contributed by atoms with Gasteiger partial charge in [-0.05, 0) is 48.0 Å². The predicted octanol–water partition coefficient (Wildman–Crippen LogP) is 0.131. The van der Waals surface area contributed by atoms with Crippen molar-refractivity contribution in [2.75, 3.05) is 26.8 Å². The fourth-order valence-corrected chi connectivity index (χ4v) is 4.03. The molecule has 0 amide bonds. The van der Waals surface area contributed by atoms with Gasteiger partial charge >= 0.3 is 0 Å². The number of sulfonamides is 1. The highest BCUT2D eigenvalue weighted by Crippen LogP contribution is 2.20. The molecule has 0 radical (unpaired) electrons. The average molecular weight is 389 g/mol. The Morgan fingerprint density at radius 2 is 2.28 bits per heavy atom. The summed E-state index contributed by atoms with van der Waals surface area (Å²) >= 11 is 0. The molecule has 1 aromatic heterocycles. The normalized spacial score (nSPS) is 20.4. The quantitative estimate of drug-likeness (QED) is 0.693. The van der Waals surface area contributed by atoms with Crippen LogP contribution in [0.3, 0.4) is 0 Å². The van der Waals surface area contributed by atoms with Crippen LogP contribution >= 0.6 is 12.4 Å². The third kappa shape index (κ3) is 4.53. The smallest absolute Gasteiger partial charge is 0.240 e. The van der Waals surface area contributed by atoms with Gasteiger partial charge in [0.1, 0.15) is 6.33 Å². The second-order valence-electron chi connectivity index (χ2n) is 5.82. The molecule has 2 N–H and O–H groups in total. The van der Waals surface area contributed by atoms with Crippen molar-refractivity contribution in [1.29, 1.82) is 0 Å². The Kier molecular flexibility index (Phi) is 6.47. The van der Waals surface area contributed by atoms with Gasteiger partial charge in [-0.15, -0.1) is 17.5 Å². The van der Waals surface area contributed by atoms with Crippen molar-refractivity contribution >= 4 is 22.4 Å².